The van der Waals surface area contributed by atoms with E-state index in [0.29, 0.717) is 28.5 Å². The van der Waals surface area contributed by atoms with Gasteiger partial charge in [0.05, 0.1) is 10.4 Å². The lowest BCUT2D eigenvalue weighted by Crippen LogP contribution is -2.12. The molecule has 1 amide bonds. The van der Waals surface area contributed by atoms with E-state index in [9.17, 15) is 4.79 Å². The Morgan fingerprint density at radius 3 is 2.87 bits per heavy atom. The number of carbonyl (C=O) groups is 1. The number of thioether (sulfide) groups is 1. The second-order valence-corrected chi connectivity index (χ2v) is 8.75. The molecule has 0 saturated carbocycles. The van der Waals surface area contributed by atoms with Crippen LogP contribution >= 0.6 is 23.1 Å². The number of para-hydroxylation sites is 1. The summed E-state index contributed by atoms with van der Waals surface area (Å²) in [6.07, 6.45) is 3.02. The molecule has 5 aromatic rings. The van der Waals surface area contributed by atoms with Crippen LogP contribution in [0.15, 0.2) is 91.7 Å². The highest BCUT2D eigenvalue weighted by Crippen LogP contribution is 2.34. The van der Waals surface area contributed by atoms with Crippen LogP contribution in [0.1, 0.15) is 16.1 Å². The summed E-state index contributed by atoms with van der Waals surface area (Å²) in [6.45, 7) is 0. The average Bonchev–Trinajstić information content (AvgIpc) is 3.53. The number of amides is 1. The third-order valence-electron chi connectivity index (χ3n) is 4.60. The lowest BCUT2D eigenvalue weighted by molar-refractivity contribution is 0.0998. The predicted octanol–water partition coefficient (Wildman–Crippen LogP) is 6.69. The number of thiophene rings is 1. The zero-order valence-electron chi connectivity index (χ0n) is 15.7. The molecule has 0 aliphatic rings. The third-order valence-corrected chi connectivity index (χ3v) is 6.75. The Morgan fingerprint density at radius 2 is 2.03 bits per heavy atom. The van der Waals surface area contributed by atoms with Gasteiger partial charge in [0.1, 0.15) is 5.58 Å². The van der Waals surface area contributed by atoms with E-state index in [1.54, 1.807) is 29.3 Å². The number of anilines is 1. The molecule has 7 heteroatoms. The summed E-state index contributed by atoms with van der Waals surface area (Å²) < 4.78 is 12.5. The quantitative estimate of drug-likeness (QED) is 0.303. The lowest BCUT2D eigenvalue weighted by atomic mass is 10.1. The van der Waals surface area contributed by atoms with Crippen LogP contribution in [0.3, 0.4) is 0 Å². The second kappa shape index (κ2) is 8.22. The Morgan fingerprint density at radius 1 is 1.10 bits per heavy atom. The van der Waals surface area contributed by atoms with Gasteiger partial charge in [0.2, 0.25) is 0 Å². The number of fused-ring (bicyclic) bond motifs is 1. The Bertz CT molecular complexity index is 1290. The Labute approximate surface area is 180 Å². The molecule has 30 heavy (non-hydrogen) atoms. The van der Waals surface area contributed by atoms with Crippen LogP contribution < -0.4 is 5.32 Å². The first-order valence-electron chi connectivity index (χ1n) is 9.25. The van der Waals surface area contributed by atoms with Crippen molar-refractivity contribution in [3.8, 4) is 11.3 Å². The summed E-state index contributed by atoms with van der Waals surface area (Å²) in [5.41, 5.74) is 3.10. The molecule has 0 radical (unpaired) electrons. The largest absolute Gasteiger partial charge is 0.451 e. The minimum atomic E-state index is -0.275. The highest BCUT2D eigenvalue weighted by Gasteiger charge is 2.21. The van der Waals surface area contributed by atoms with Crippen LogP contribution in [0.25, 0.3) is 22.3 Å². The van der Waals surface area contributed by atoms with Crippen molar-refractivity contribution in [1.82, 2.24) is 4.98 Å². The van der Waals surface area contributed by atoms with E-state index in [1.165, 1.54) is 10.6 Å². The molecule has 2 aromatic carbocycles. The number of nitrogens with zero attached hydrogens (tertiary/aromatic N) is 1. The van der Waals surface area contributed by atoms with Crippen molar-refractivity contribution >= 4 is 45.7 Å². The maximum Gasteiger partial charge on any atom is 0.291 e. The normalized spacial score (nSPS) is 11.1. The van der Waals surface area contributed by atoms with Gasteiger partial charge in [-0.2, -0.15) is 0 Å². The summed E-state index contributed by atoms with van der Waals surface area (Å²) >= 11 is 3.38. The smallest absolute Gasteiger partial charge is 0.291 e. The number of nitrogens with one attached hydrogen (secondary N) is 1. The van der Waals surface area contributed by atoms with E-state index in [1.807, 2.05) is 60.0 Å². The number of oxazole rings is 1. The second-order valence-electron chi connectivity index (χ2n) is 6.53. The zero-order chi connectivity index (χ0) is 20.3. The van der Waals surface area contributed by atoms with Gasteiger partial charge in [-0.1, -0.05) is 36.4 Å². The van der Waals surface area contributed by atoms with Crippen LogP contribution in [0.2, 0.25) is 0 Å². The summed E-state index contributed by atoms with van der Waals surface area (Å²) in [5.74, 6) is 1.36. The molecule has 0 aliphatic carbocycles. The fourth-order valence-electron chi connectivity index (χ4n) is 3.21. The topological polar surface area (TPSA) is 68.3 Å². The highest BCUT2D eigenvalue weighted by atomic mass is 32.2. The molecule has 0 unspecified atom stereocenters. The first kappa shape index (κ1) is 18.7. The highest BCUT2D eigenvalue weighted by molar-refractivity contribution is 8.00. The van der Waals surface area contributed by atoms with E-state index in [-0.39, 0.29) is 5.91 Å². The zero-order valence-corrected chi connectivity index (χ0v) is 17.3. The van der Waals surface area contributed by atoms with Gasteiger partial charge in [0, 0.05) is 28.0 Å². The number of furan rings is 1. The van der Waals surface area contributed by atoms with Crippen LogP contribution in [-0.2, 0) is 5.75 Å². The van der Waals surface area contributed by atoms with Crippen LogP contribution in [0.4, 0.5) is 5.69 Å². The average molecular weight is 433 g/mol. The van der Waals surface area contributed by atoms with Gasteiger partial charge in [-0.15, -0.1) is 23.1 Å². The fraction of sp³-hybridized carbons (Fsp3) is 0.0435. The molecular weight excluding hydrogens is 416 g/mol. The first-order chi connectivity index (χ1) is 14.8. The van der Waals surface area contributed by atoms with Crippen LogP contribution in [-0.4, -0.2) is 10.9 Å². The van der Waals surface area contributed by atoms with Gasteiger partial charge in [0.25, 0.3) is 5.91 Å². The third kappa shape index (κ3) is 3.77. The molecule has 0 aliphatic heterocycles. The molecule has 0 saturated heterocycles. The molecule has 3 heterocycles. The molecule has 0 fully saturated rings. The number of hydrogen-bond donors (Lipinski definition) is 1. The van der Waals surface area contributed by atoms with Crippen molar-refractivity contribution in [3.63, 3.8) is 0 Å². The first-order valence-corrected chi connectivity index (χ1v) is 11.1. The Hall–Kier alpha value is -3.29. The van der Waals surface area contributed by atoms with Gasteiger partial charge >= 0.3 is 0 Å². The maximum absolute atomic E-state index is 13.1. The van der Waals surface area contributed by atoms with E-state index < -0.39 is 0 Å². The molecule has 148 valence electrons. The number of hydrogen-bond acceptors (Lipinski definition) is 6. The van der Waals surface area contributed by atoms with Crippen molar-refractivity contribution in [3.05, 3.63) is 90.0 Å². The van der Waals surface area contributed by atoms with E-state index in [2.05, 4.69) is 16.4 Å². The maximum atomic E-state index is 13.1. The van der Waals surface area contributed by atoms with E-state index in [0.717, 1.165) is 16.5 Å². The monoisotopic (exact) mass is 432 g/mol. The van der Waals surface area contributed by atoms with Gasteiger partial charge in [-0.05, 0) is 29.6 Å². The van der Waals surface area contributed by atoms with Gasteiger partial charge < -0.3 is 14.2 Å². The van der Waals surface area contributed by atoms with Crippen molar-refractivity contribution in [2.24, 2.45) is 0 Å². The molecule has 0 spiro atoms. The molecule has 0 atom stereocenters. The van der Waals surface area contributed by atoms with Gasteiger partial charge in [-0.3, -0.25) is 4.79 Å². The lowest BCUT2D eigenvalue weighted by Gasteiger charge is -2.07. The minimum Gasteiger partial charge on any atom is -0.451 e. The molecule has 3 aromatic heterocycles. The van der Waals surface area contributed by atoms with E-state index >= 15 is 0 Å². The van der Waals surface area contributed by atoms with E-state index in [4.69, 9.17) is 8.83 Å². The van der Waals surface area contributed by atoms with Crippen LogP contribution in [0, 0.1) is 0 Å². The minimum absolute atomic E-state index is 0.275. The van der Waals surface area contributed by atoms with Crippen molar-refractivity contribution in [2.45, 2.75) is 9.96 Å². The summed E-state index contributed by atoms with van der Waals surface area (Å²) in [4.78, 5) is 17.1. The Balaban J connectivity index is 1.44. The number of benzene rings is 2. The molecule has 1 N–H and O–H groups in total. The SMILES string of the molecule is O=C(Nc1cccc(-c2cnco2)c1)c1oc2ccccc2c1CSc1cccs1. The Kier molecular flexibility index (Phi) is 5.13. The van der Waals surface area contributed by atoms with Gasteiger partial charge in [-0.25, -0.2) is 4.98 Å². The predicted molar refractivity (Wildman–Crippen MR) is 120 cm³/mol. The fourth-order valence-corrected chi connectivity index (χ4v) is 5.02. The molecule has 0 bridgehead atoms. The van der Waals surface area contributed by atoms with Crippen LogP contribution in [0.5, 0.6) is 0 Å². The van der Waals surface area contributed by atoms with Gasteiger partial charge in [0.15, 0.2) is 17.9 Å². The standard InChI is InChI=1S/C23H16N2O3S2/c26-23(25-16-6-3-5-15(11-16)20-12-24-14-27-20)22-18(13-30-21-9-4-10-29-21)17-7-1-2-8-19(17)28-22/h1-12,14H,13H2,(H,25,26). The van der Waals surface area contributed by atoms with Crippen molar-refractivity contribution in [1.29, 1.82) is 0 Å². The summed E-state index contributed by atoms with van der Waals surface area (Å²) in [5, 5.41) is 5.96. The van der Waals surface area contributed by atoms with Crippen molar-refractivity contribution in [2.75, 3.05) is 5.32 Å². The molecule has 5 rings (SSSR count). The summed E-state index contributed by atoms with van der Waals surface area (Å²) in [7, 11) is 0. The van der Waals surface area contributed by atoms with Crippen molar-refractivity contribution < 1.29 is 13.6 Å². The number of aromatic nitrogens is 1. The summed E-state index contributed by atoms with van der Waals surface area (Å²) in [6, 6.07) is 19.3. The molecule has 5 nitrogen and oxygen atoms in total. The molecular formula is C23H16N2O3S2. The number of rotatable bonds is 6. The number of carbonyl (C=O) groups excluding carboxylic acids is 1.